The first-order chi connectivity index (χ1) is 15.8. The summed E-state index contributed by atoms with van der Waals surface area (Å²) in [6.45, 7) is 4.50. The number of nitrogens with zero attached hydrogens (tertiary/aromatic N) is 4. The summed E-state index contributed by atoms with van der Waals surface area (Å²) < 4.78 is 41.8. The molecule has 4 aliphatic rings. The number of pyridine rings is 1. The number of ether oxygens (including phenoxy) is 2. The van der Waals surface area contributed by atoms with Crippen molar-refractivity contribution in [2.75, 3.05) is 4.90 Å². The third-order valence-corrected chi connectivity index (χ3v) is 7.10. The normalized spacial score (nSPS) is 24.3. The average Bonchev–Trinajstić information content (AvgIpc) is 3.33. The van der Waals surface area contributed by atoms with Crippen molar-refractivity contribution in [2.45, 2.75) is 51.4 Å². The smallest absolute Gasteiger partial charge is 0.352 e. The van der Waals surface area contributed by atoms with Crippen LogP contribution in [0.5, 0.6) is 17.4 Å². The van der Waals surface area contributed by atoms with Gasteiger partial charge in [0.15, 0.2) is 17.4 Å². The van der Waals surface area contributed by atoms with Crippen LogP contribution >= 0.6 is 0 Å². The van der Waals surface area contributed by atoms with E-state index in [-0.39, 0.29) is 35.0 Å². The van der Waals surface area contributed by atoms with Crippen molar-refractivity contribution in [3.8, 4) is 17.4 Å². The van der Waals surface area contributed by atoms with Gasteiger partial charge in [0.1, 0.15) is 18.2 Å². The van der Waals surface area contributed by atoms with Crippen LogP contribution in [-0.2, 0) is 13.2 Å². The number of anilines is 1. The van der Waals surface area contributed by atoms with E-state index in [1.807, 2.05) is 0 Å². The molecule has 3 fully saturated rings. The Labute approximate surface area is 188 Å². The SMILES string of the molecule is Cc1ccc(Oc2c(F)cc(COc3cc4n(c(=O)n3)CC35CC(C3)C(C)N45)cc2F)cn1. The number of aromatic nitrogens is 3. The van der Waals surface area contributed by atoms with Gasteiger partial charge in [-0.15, -0.1) is 0 Å². The number of halogens is 2. The van der Waals surface area contributed by atoms with Gasteiger partial charge in [0.25, 0.3) is 0 Å². The van der Waals surface area contributed by atoms with E-state index in [4.69, 9.17) is 9.47 Å². The quantitative estimate of drug-likeness (QED) is 0.584. The molecule has 33 heavy (non-hydrogen) atoms. The summed E-state index contributed by atoms with van der Waals surface area (Å²) in [6, 6.07) is 7.69. The van der Waals surface area contributed by atoms with E-state index in [9.17, 15) is 13.6 Å². The van der Waals surface area contributed by atoms with Gasteiger partial charge in [-0.3, -0.25) is 9.55 Å². The van der Waals surface area contributed by atoms with Crippen LogP contribution in [0.3, 0.4) is 0 Å². The monoisotopic (exact) mass is 452 g/mol. The highest BCUT2D eigenvalue weighted by Crippen LogP contribution is 2.59. The molecule has 170 valence electrons. The van der Waals surface area contributed by atoms with Crippen LogP contribution in [0, 0.1) is 24.5 Å². The van der Waals surface area contributed by atoms with E-state index in [0.29, 0.717) is 18.5 Å². The second-order valence-electron chi connectivity index (χ2n) is 9.24. The number of aryl methyl sites for hydroxylation is 1. The molecule has 5 heterocycles. The second kappa shape index (κ2) is 7.00. The molecule has 0 N–H and O–H groups in total. The Bertz CT molecular complexity index is 1300. The molecule has 7 nitrogen and oxygen atoms in total. The first kappa shape index (κ1) is 20.1. The van der Waals surface area contributed by atoms with E-state index in [1.54, 1.807) is 29.7 Å². The molecule has 0 amide bonds. The number of benzene rings is 1. The van der Waals surface area contributed by atoms with Gasteiger partial charge in [-0.25, -0.2) is 13.6 Å². The van der Waals surface area contributed by atoms with Crippen molar-refractivity contribution in [1.29, 1.82) is 0 Å². The largest absolute Gasteiger partial charge is 0.473 e. The topological polar surface area (TPSA) is 69.5 Å². The molecule has 1 saturated carbocycles. The zero-order valence-corrected chi connectivity index (χ0v) is 18.2. The Morgan fingerprint density at radius 3 is 2.64 bits per heavy atom. The fraction of sp³-hybridized carbons (Fsp3) is 0.375. The standard InChI is InChI=1S/C24H22F2N4O3/c1-13-3-4-17(10-27-13)33-22-18(25)5-15(6-19(22)26)11-32-20-7-21-29(23(31)28-20)12-24-8-16(9-24)14(2)30(21)24/h3-7,10,14,16H,8-9,11-12H2,1-2H3. The van der Waals surface area contributed by atoms with Crippen molar-refractivity contribution in [2.24, 2.45) is 5.92 Å². The fourth-order valence-corrected chi connectivity index (χ4v) is 5.53. The van der Waals surface area contributed by atoms with Gasteiger partial charge in [-0.2, -0.15) is 4.98 Å². The van der Waals surface area contributed by atoms with Gasteiger partial charge in [0.05, 0.1) is 18.3 Å². The molecular weight excluding hydrogens is 430 g/mol. The van der Waals surface area contributed by atoms with Gasteiger partial charge < -0.3 is 14.4 Å². The van der Waals surface area contributed by atoms with E-state index in [1.165, 1.54) is 6.20 Å². The minimum atomic E-state index is -0.858. The molecule has 1 spiro atoms. The summed E-state index contributed by atoms with van der Waals surface area (Å²) in [5.41, 5.74) is 0.692. The highest BCUT2D eigenvalue weighted by Gasteiger charge is 2.63. The summed E-state index contributed by atoms with van der Waals surface area (Å²) in [7, 11) is 0. The molecule has 3 aliphatic heterocycles. The first-order valence-corrected chi connectivity index (χ1v) is 11.0. The first-order valence-electron chi connectivity index (χ1n) is 11.0. The molecule has 1 aliphatic carbocycles. The van der Waals surface area contributed by atoms with Gasteiger partial charge in [-0.05, 0) is 62.4 Å². The Balaban J connectivity index is 1.21. The molecule has 1 atom stereocenters. The molecule has 2 saturated heterocycles. The zero-order chi connectivity index (χ0) is 22.9. The van der Waals surface area contributed by atoms with E-state index in [0.717, 1.165) is 36.5 Å². The summed E-state index contributed by atoms with van der Waals surface area (Å²) in [4.78, 5) is 23.0. The van der Waals surface area contributed by atoms with Gasteiger partial charge >= 0.3 is 5.69 Å². The van der Waals surface area contributed by atoms with Crippen LogP contribution in [-0.4, -0.2) is 26.1 Å². The molecule has 0 radical (unpaired) electrons. The van der Waals surface area contributed by atoms with E-state index in [2.05, 4.69) is 21.8 Å². The highest BCUT2D eigenvalue weighted by molar-refractivity contribution is 5.55. The molecule has 1 aromatic carbocycles. The lowest BCUT2D eigenvalue weighted by atomic mass is 9.72. The maximum Gasteiger partial charge on any atom is 0.352 e. The van der Waals surface area contributed by atoms with Crippen LogP contribution < -0.4 is 20.1 Å². The van der Waals surface area contributed by atoms with Crippen LogP contribution in [0.1, 0.15) is 31.0 Å². The van der Waals surface area contributed by atoms with Crippen LogP contribution in [0.4, 0.5) is 14.6 Å². The van der Waals surface area contributed by atoms with Crippen molar-refractivity contribution in [3.63, 3.8) is 0 Å². The lowest BCUT2D eigenvalue weighted by Gasteiger charge is -2.36. The lowest BCUT2D eigenvalue weighted by molar-refractivity contribution is 0.222. The fourth-order valence-electron chi connectivity index (χ4n) is 5.53. The van der Waals surface area contributed by atoms with Crippen LogP contribution in [0.15, 0.2) is 41.3 Å². The zero-order valence-electron chi connectivity index (χ0n) is 18.2. The average molecular weight is 452 g/mol. The molecule has 3 aromatic rings. The van der Waals surface area contributed by atoms with Crippen molar-refractivity contribution >= 4 is 5.82 Å². The third kappa shape index (κ3) is 3.09. The summed E-state index contributed by atoms with van der Waals surface area (Å²) in [5.74, 6) is -0.374. The molecule has 2 aromatic heterocycles. The van der Waals surface area contributed by atoms with Crippen molar-refractivity contribution in [1.82, 2.24) is 14.5 Å². The summed E-state index contributed by atoms with van der Waals surface area (Å²) in [5, 5.41) is 0. The number of rotatable bonds is 5. The van der Waals surface area contributed by atoms with Crippen molar-refractivity contribution in [3.05, 3.63) is 69.9 Å². The van der Waals surface area contributed by atoms with Gasteiger partial charge in [0, 0.05) is 17.8 Å². The maximum absolute atomic E-state index is 14.6. The second-order valence-corrected chi connectivity index (χ2v) is 9.24. The van der Waals surface area contributed by atoms with Gasteiger partial charge in [0.2, 0.25) is 5.88 Å². The van der Waals surface area contributed by atoms with Crippen LogP contribution in [0.25, 0.3) is 0 Å². The number of fused-ring (bicyclic) bond motifs is 1. The van der Waals surface area contributed by atoms with E-state index >= 15 is 0 Å². The summed E-state index contributed by atoms with van der Waals surface area (Å²) in [6.07, 6.45) is 3.59. The number of hydrogen-bond donors (Lipinski definition) is 0. The molecule has 7 rings (SSSR count). The third-order valence-electron chi connectivity index (χ3n) is 7.10. The van der Waals surface area contributed by atoms with Crippen LogP contribution in [0.2, 0.25) is 0 Å². The molecule has 2 bridgehead atoms. The Kier molecular flexibility index (Phi) is 4.27. The highest BCUT2D eigenvalue weighted by atomic mass is 19.1. The van der Waals surface area contributed by atoms with Gasteiger partial charge in [-0.1, -0.05) is 0 Å². The number of hydrogen-bond acceptors (Lipinski definition) is 6. The Morgan fingerprint density at radius 2 is 1.94 bits per heavy atom. The molecule has 9 heteroatoms. The minimum Gasteiger partial charge on any atom is -0.473 e. The molecule has 1 unspecified atom stereocenters. The Hall–Kier alpha value is -3.49. The predicted octanol–water partition coefficient (Wildman–Crippen LogP) is 3.97. The minimum absolute atomic E-state index is 0.0333. The van der Waals surface area contributed by atoms with Crippen molar-refractivity contribution < 1.29 is 18.3 Å². The van der Waals surface area contributed by atoms with E-state index < -0.39 is 17.4 Å². The molecular formula is C24H22F2N4O3. The maximum atomic E-state index is 14.6. The Morgan fingerprint density at radius 1 is 1.18 bits per heavy atom. The summed E-state index contributed by atoms with van der Waals surface area (Å²) >= 11 is 0. The lowest BCUT2D eigenvalue weighted by Crippen LogP contribution is -2.45. The predicted molar refractivity (Wildman–Crippen MR) is 116 cm³/mol.